The fourth-order valence-electron chi connectivity index (χ4n) is 1.64. The highest BCUT2D eigenvalue weighted by Gasteiger charge is 2.26. The van der Waals surface area contributed by atoms with E-state index in [9.17, 15) is 4.79 Å². The van der Waals surface area contributed by atoms with Crippen molar-refractivity contribution in [1.29, 1.82) is 0 Å². The Morgan fingerprint density at radius 1 is 1.53 bits per heavy atom. The van der Waals surface area contributed by atoms with E-state index in [1.807, 2.05) is 31.2 Å². The van der Waals surface area contributed by atoms with Crippen molar-refractivity contribution in [3.05, 3.63) is 24.3 Å². The molecule has 1 N–H and O–H groups in total. The molecule has 1 atom stereocenters. The molecule has 1 aromatic carbocycles. The van der Waals surface area contributed by atoms with Gasteiger partial charge in [0.25, 0.3) is 5.91 Å². The Bertz CT molecular complexity index is 426. The van der Waals surface area contributed by atoms with Crippen LogP contribution in [0.5, 0.6) is 5.75 Å². The second-order valence-electron chi connectivity index (χ2n) is 3.77. The number of rotatable bonds is 2. The Labute approximate surface area is 109 Å². The van der Waals surface area contributed by atoms with E-state index in [1.54, 1.807) is 5.01 Å². The lowest BCUT2D eigenvalue weighted by molar-refractivity contribution is -0.119. The van der Waals surface area contributed by atoms with Crippen molar-refractivity contribution < 1.29 is 9.53 Å². The number of para-hydroxylation sites is 2. The molecule has 6 heteroatoms. The summed E-state index contributed by atoms with van der Waals surface area (Å²) >= 11 is 11.0. The molecule has 0 fully saturated rings. The van der Waals surface area contributed by atoms with Crippen molar-refractivity contribution in [3.63, 3.8) is 0 Å². The van der Waals surface area contributed by atoms with E-state index in [-0.39, 0.29) is 6.04 Å². The number of nitrogens with one attached hydrogen (secondary N) is 1. The third kappa shape index (κ3) is 2.58. The molecule has 1 aliphatic rings. The van der Waals surface area contributed by atoms with Crippen LogP contribution in [0.4, 0.5) is 5.69 Å². The first kappa shape index (κ1) is 12.3. The van der Waals surface area contributed by atoms with Crippen LogP contribution in [0.25, 0.3) is 0 Å². The fraction of sp³-hybridized carbons (Fsp3) is 0.364. The second-order valence-corrected chi connectivity index (χ2v) is 4.87. The van der Waals surface area contributed by atoms with Crippen molar-refractivity contribution in [2.75, 3.05) is 11.6 Å². The molecule has 0 spiro atoms. The molecular formula is C11H12Cl2N2O2. The van der Waals surface area contributed by atoms with E-state index in [0.29, 0.717) is 6.61 Å². The molecule has 1 aromatic rings. The zero-order valence-electron chi connectivity index (χ0n) is 9.19. The molecule has 0 saturated heterocycles. The molecular weight excluding hydrogens is 263 g/mol. The normalized spacial score (nSPS) is 18.6. The summed E-state index contributed by atoms with van der Waals surface area (Å²) in [6.07, 6.45) is 0. The van der Waals surface area contributed by atoms with Crippen LogP contribution in [-0.2, 0) is 4.79 Å². The van der Waals surface area contributed by atoms with E-state index in [0.717, 1.165) is 11.4 Å². The van der Waals surface area contributed by atoms with Gasteiger partial charge in [0, 0.05) is 0 Å². The largest absolute Gasteiger partial charge is 0.489 e. The van der Waals surface area contributed by atoms with Gasteiger partial charge in [-0.3, -0.25) is 15.2 Å². The van der Waals surface area contributed by atoms with Gasteiger partial charge >= 0.3 is 0 Å². The minimum Gasteiger partial charge on any atom is -0.489 e. The highest BCUT2D eigenvalue weighted by atomic mass is 35.5. The third-order valence-corrected chi connectivity index (χ3v) is 2.87. The molecule has 1 heterocycles. The van der Waals surface area contributed by atoms with E-state index in [2.05, 4.69) is 5.43 Å². The minimum absolute atomic E-state index is 0.0148. The predicted molar refractivity (Wildman–Crippen MR) is 67.5 cm³/mol. The van der Waals surface area contributed by atoms with Gasteiger partial charge in [0.15, 0.2) is 4.84 Å². The summed E-state index contributed by atoms with van der Waals surface area (Å²) in [7, 11) is 0. The number of amides is 1. The first-order valence-electron chi connectivity index (χ1n) is 5.19. The summed E-state index contributed by atoms with van der Waals surface area (Å²) in [5.41, 5.74) is 3.47. The summed E-state index contributed by atoms with van der Waals surface area (Å²) < 4.78 is 5.55. The number of fused-ring (bicyclic) bond motifs is 1. The number of hydrogen-bond donors (Lipinski definition) is 1. The van der Waals surface area contributed by atoms with E-state index < -0.39 is 10.7 Å². The summed E-state index contributed by atoms with van der Waals surface area (Å²) in [5.74, 6) is 0.281. The molecule has 0 radical (unpaired) electrons. The maximum Gasteiger partial charge on any atom is 0.271 e. The molecule has 1 unspecified atom stereocenters. The van der Waals surface area contributed by atoms with Crippen LogP contribution < -0.4 is 15.2 Å². The summed E-state index contributed by atoms with van der Waals surface area (Å²) in [6.45, 7) is 2.43. The number of nitrogens with zero attached hydrogens (tertiary/aromatic N) is 1. The van der Waals surface area contributed by atoms with Gasteiger partial charge < -0.3 is 4.74 Å². The first-order valence-corrected chi connectivity index (χ1v) is 6.06. The van der Waals surface area contributed by atoms with Gasteiger partial charge in [0.1, 0.15) is 12.4 Å². The molecule has 1 aliphatic heterocycles. The minimum atomic E-state index is -1.09. The number of halogens is 2. The third-order valence-electron chi connectivity index (χ3n) is 2.47. The van der Waals surface area contributed by atoms with Crippen LogP contribution in [0.3, 0.4) is 0 Å². The van der Waals surface area contributed by atoms with Crippen molar-refractivity contribution in [2.45, 2.75) is 17.8 Å². The zero-order valence-corrected chi connectivity index (χ0v) is 10.7. The summed E-state index contributed by atoms with van der Waals surface area (Å²) in [6, 6.07) is 7.47. The quantitative estimate of drug-likeness (QED) is 0.840. The molecule has 0 aromatic heterocycles. The van der Waals surface area contributed by atoms with Crippen LogP contribution in [0.1, 0.15) is 6.92 Å². The number of anilines is 1. The summed E-state index contributed by atoms with van der Waals surface area (Å²) in [4.78, 5) is 10.4. The molecule has 2 rings (SSSR count). The van der Waals surface area contributed by atoms with Crippen molar-refractivity contribution in [2.24, 2.45) is 0 Å². The van der Waals surface area contributed by atoms with E-state index >= 15 is 0 Å². The maximum atomic E-state index is 11.5. The first-order chi connectivity index (χ1) is 8.09. The van der Waals surface area contributed by atoms with E-state index in [4.69, 9.17) is 27.9 Å². The lowest BCUT2D eigenvalue weighted by atomic mass is 10.2. The SMILES string of the molecule is CC1COc2ccccc2N1NC(=O)C(Cl)Cl. The molecule has 0 aliphatic carbocycles. The average molecular weight is 275 g/mol. The fourth-order valence-corrected chi connectivity index (χ4v) is 1.74. The maximum absolute atomic E-state index is 11.5. The predicted octanol–water partition coefficient (Wildman–Crippen LogP) is 2.11. The second kappa shape index (κ2) is 5.02. The standard InChI is InChI=1S/C11H12Cl2N2O2/c1-7-6-17-9-5-3-2-4-8(9)15(7)14-11(16)10(12)13/h2-5,7,10H,6H2,1H3,(H,14,16). The molecule has 1 amide bonds. The average Bonchev–Trinajstić information content (AvgIpc) is 2.32. The van der Waals surface area contributed by atoms with Crippen LogP contribution in [-0.4, -0.2) is 23.4 Å². The number of carbonyl (C=O) groups is 1. The van der Waals surface area contributed by atoms with Gasteiger partial charge in [-0.05, 0) is 19.1 Å². The number of hydrazine groups is 1. The van der Waals surface area contributed by atoms with Crippen molar-refractivity contribution in [1.82, 2.24) is 5.43 Å². The van der Waals surface area contributed by atoms with Crippen LogP contribution >= 0.6 is 23.2 Å². The number of carbonyl (C=O) groups excluding carboxylic acids is 1. The van der Waals surface area contributed by atoms with Gasteiger partial charge in [-0.15, -0.1) is 0 Å². The van der Waals surface area contributed by atoms with Gasteiger partial charge in [0.2, 0.25) is 0 Å². The lowest BCUT2D eigenvalue weighted by Gasteiger charge is -2.36. The Hall–Kier alpha value is -1.13. The summed E-state index contributed by atoms with van der Waals surface area (Å²) in [5, 5.41) is 1.72. The van der Waals surface area contributed by atoms with Gasteiger partial charge in [-0.2, -0.15) is 0 Å². The zero-order chi connectivity index (χ0) is 12.4. The van der Waals surface area contributed by atoms with Crippen LogP contribution in [0.15, 0.2) is 24.3 Å². The topological polar surface area (TPSA) is 41.6 Å². The van der Waals surface area contributed by atoms with Gasteiger partial charge in [0.05, 0.1) is 11.7 Å². The lowest BCUT2D eigenvalue weighted by Crippen LogP contribution is -2.53. The number of alkyl halides is 2. The van der Waals surface area contributed by atoms with Crippen LogP contribution in [0, 0.1) is 0 Å². The Morgan fingerprint density at radius 2 is 2.24 bits per heavy atom. The highest BCUT2D eigenvalue weighted by molar-refractivity contribution is 6.53. The molecule has 17 heavy (non-hydrogen) atoms. The van der Waals surface area contributed by atoms with E-state index in [1.165, 1.54) is 0 Å². The molecule has 0 saturated carbocycles. The Morgan fingerprint density at radius 3 is 2.94 bits per heavy atom. The van der Waals surface area contributed by atoms with Gasteiger partial charge in [-0.1, -0.05) is 35.3 Å². The number of benzene rings is 1. The molecule has 0 bridgehead atoms. The monoisotopic (exact) mass is 274 g/mol. The Kier molecular flexibility index (Phi) is 3.64. The Balaban J connectivity index is 2.24. The molecule has 4 nitrogen and oxygen atoms in total. The smallest absolute Gasteiger partial charge is 0.271 e. The molecule has 92 valence electrons. The van der Waals surface area contributed by atoms with Gasteiger partial charge in [-0.25, -0.2) is 0 Å². The van der Waals surface area contributed by atoms with Crippen molar-refractivity contribution >= 4 is 34.8 Å². The number of hydrogen-bond acceptors (Lipinski definition) is 3. The highest BCUT2D eigenvalue weighted by Crippen LogP contribution is 2.32. The number of ether oxygens (including phenoxy) is 1. The van der Waals surface area contributed by atoms with Crippen molar-refractivity contribution in [3.8, 4) is 5.75 Å². The van der Waals surface area contributed by atoms with Crippen LogP contribution in [0.2, 0.25) is 0 Å².